The number of thiazole rings is 1. The first-order valence-electron chi connectivity index (χ1n) is 11.5. The number of hydrogen-bond acceptors (Lipinski definition) is 5. The van der Waals surface area contributed by atoms with Crippen molar-refractivity contribution in [2.45, 2.75) is 33.1 Å². The van der Waals surface area contributed by atoms with Crippen molar-refractivity contribution in [3.63, 3.8) is 0 Å². The Morgan fingerprint density at radius 1 is 1.00 bits per heavy atom. The van der Waals surface area contributed by atoms with E-state index < -0.39 is 0 Å². The van der Waals surface area contributed by atoms with E-state index in [1.807, 2.05) is 53.8 Å². The van der Waals surface area contributed by atoms with Crippen LogP contribution in [-0.2, 0) is 4.79 Å². The normalized spacial score (nSPS) is 15.6. The number of hydrogen-bond donors (Lipinski definition) is 0. The molecule has 33 heavy (non-hydrogen) atoms. The lowest BCUT2D eigenvalue weighted by atomic mass is 10.00. The summed E-state index contributed by atoms with van der Waals surface area (Å²) < 4.78 is 3.08. The largest absolute Gasteiger partial charge is 0.346 e. The molecule has 170 valence electrons. The second-order valence-electron chi connectivity index (χ2n) is 8.78. The lowest BCUT2D eigenvalue weighted by molar-refractivity contribution is -0.132. The number of carbonyl (C=O) groups is 1. The van der Waals surface area contributed by atoms with Crippen LogP contribution in [0.25, 0.3) is 16.0 Å². The van der Waals surface area contributed by atoms with E-state index in [4.69, 9.17) is 10.1 Å². The maximum Gasteiger partial charge on any atom is 0.229 e. The fourth-order valence-corrected chi connectivity index (χ4v) is 5.52. The summed E-state index contributed by atoms with van der Waals surface area (Å²) in [4.78, 5) is 22.5. The standard InChI is InChI=1S/C26H29N5OS/c1-18-9-7-12-22(17-18)31-24-23(20(3)28-31)33-26(27-24)30-14-8-13-29(15-16-30)25(32)19(2)21-10-5-4-6-11-21/h4-7,9-12,17,19H,8,13-16H2,1-3H3. The van der Waals surface area contributed by atoms with Gasteiger partial charge in [-0.1, -0.05) is 53.8 Å². The summed E-state index contributed by atoms with van der Waals surface area (Å²) in [5.41, 5.74) is 5.22. The first-order valence-corrected chi connectivity index (χ1v) is 12.3. The Balaban J connectivity index is 1.35. The van der Waals surface area contributed by atoms with E-state index in [0.29, 0.717) is 0 Å². The average Bonchev–Trinajstić information content (AvgIpc) is 3.29. The summed E-state index contributed by atoms with van der Waals surface area (Å²) in [5.74, 6) is 0.0847. The van der Waals surface area contributed by atoms with Crippen LogP contribution in [0.2, 0.25) is 0 Å². The van der Waals surface area contributed by atoms with Crippen molar-refractivity contribution >= 4 is 32.7 Å². The van der Waals surface area contributed by atoms with Crippen LogP contribution in [0.5, 0.6) is 0 Å². The van der Waals surface area contributed by atoms with Crippen molar-refractivity contribution in [1.82, 2.24) is 19.7 Å². The maximum atomic E-state index is 13.2. The summed E-state index contributed by atoms with van der Waals surface area (Å²) in [6.45, 7) is 9.34. The lowest BCUT2D eigenvalue weighted by Crippen LogP contribution is -2.37. The van der Waals surface area contributed by atoms with Crippen LogP contribution < -0.4 is 4.90 Å². The fraction of sp³-hybridized carbons (Fsp3) is 0.346. The van der Waals surface area contributed by atoms with Crippen molar-refractivity contribution in [1.29, 1.82) is 0 Å². The minimum Gasteiger partial charge on any atom is -0.346 e. The molecule has 0 bridgehead atoms. The molecular formula is C26H29N5OS. The molecule has 5 rings (SSSR count). The molecule has 0 saturated carbocycles. The van der Waals surface area contributed by atoms with Gasteiger partial charge >= 0.3 is 0 Å². The quantitative estimate of drug-likeness (QED) is 0.434. The molecule has 4 aromatic rings. The Morgan fingerprint density at radius 2 is 1.82 bits per heavy atom. The molecule has 1 saturated heterocycles. The minimum absolute atomic E-state index is 0.122. The molecule has 1 unspecified atom stereocenters. The highest BCUT2D eigenvalue weighted by molar-refractivity contribution is 7.22. The van der Waals surface area contributed by atoms with Gasteiger partial charge in [0.2, 0.25) is 5.91 Å². The molecule has 1 amide bonds. The van der Waals surface area contributed by atoms with Gasteiger partial charge in [-0.15, -0.1) is 0 Å². The molecule has 0 spiro atoms. The number of nitrogens with zero attached hydrogens (tertiary/aromatic N) is 5. The van der Waals surface area contributed by atoms with Crippen LogP contribution >= 0.6 is 11.3 Å². The summed E-state index contributed by atoms with van der Waals surface area (Å²) in [5, 5.41) is 5.75. The number of amides is 1. The summed E-state index contributed by atoms with van der Waals surface area (Å²) in [6.07, 6.45) is 0.937. The van der Waals surface area contributed by atoms with E-state index in [2.05, 4.69) is 36.1 Å². The molecule has 7 heteroatoms. The van der Waals surface area contributed by atoms with Gasteiger partial charge in [-0.3, -0.25) is 4.79 Å². The van der Waals surface area contributed by atoms with Crippen molar-refractivity contribution in [3.05, 3.63) is 71.4 Å². The monoisotopic (exact) mass is 459 g/mol. The third-order valence-electron chi connectivity index (χ3n) is 6.37. The highest BCUT2D eigenvalue weighted by Crippen LogP contribution is 2.33. The van der Waals surface area contributed by atoms with E-state index in [1.54, 1.807) is 11.3 Å². The van der Waals surface area contributed by atoms with E-state index in [-0.39, 0.29) is 11.8 Å². The second kappa shape index (κ2) is 8.98. The van der Waals surface area contributed by atoms with Crippen LogP contribution in [0.3, 0.4) is 0 Å². The van der Waals surface area contributed by atoms with Crippen LogP contribution in [0.4, 0.5) is 5.13 Å². The van der Waals surface area contributed by atoms with Gasteiger partial charge in [0, 0.05) is 26.2 Å². The van der Waals surface area contributed by atoms with Gasteiger partial charge in [-0.2, -0.15) is 10.1 Å². The summed E-state index contributed by atoms with van der Waals surface area (Å²) >= 11 is 1.70. The van der Waals surface area contributed by atoms with Crippen LogP contribution in [0.1, 0.15) is 36.1 Å². The number of anilines is 1. The number of aryl methyl sites for hydroxylation is 2. The Bertz CT molecular complexity index is 1280. The number of rotatable bonds is 4. The van der Waals surface area contributed by atoms with Crippen LogP contribution in [0.15, 0.2) is 54.6 Å². The van der Waals surface area contributed by atoms with E-state index in [0.717, 1.165) is 65.0 Å². The predicted molar refractivity (Wildman–Crippen MR) is 134 cm³/mol. The zero-order chi connectivity index (χ0) is 22.9. The molecule has 1 aliphatic heterocycles. The number of aromatic nitrogens is 3. The Hall–Kier alpha value is -3.19. The molecular weight excluding hydrogens is 430 g/mol. The molecule has 1 atom stereocenters. The van der Waals surface area contributed by atoms with Gasteiger partial charge in [0.25, 0.3) is 0 Å². The fourth-order valence-electron chi connectivity index (χ4n) is 4.49. The molecule has 0 radical (unpaired) electrons. The highest BCUT2D eigenvalue weighted by atomic mass is 32.1. The van der Waals surface area contributed by atoms with Crippen molar-refractivity contribution in [3.8, 4) is 5.69 Å². The second-order valence-corrected chi connectivity index (χ2v) is 9.76. The van der Waals surface area contributed by atoms with Gasteiger partial charge in [-0.05, 0) is 50.5 Å². The first kappa shape index (κ1) is 21.6. The maximum absolute atomic E-state index is 13.2. The molecule has 1 fully saturated rings. The lowest BCUT2D eigenvalue weighted by Gasteiger charge is -2.25. The molecule has 0 N–H and O–H groups in total. The predicted octanol–water partition coefficient (Wildman–Crippen LogP) is 4.94. The Morgan fingerprint density at radius 3 is 2.61 bits per heavy atom. The molecule has 1 aliphatic rings. The summed E-state index contributed by atoms with van der Waals surface area (Å²) in [7, 11) is 0. The first-order chi connectivity index (χ1) is 16.0. The van der Waals surface area contributed by atoms with Gasteiger partial charge in [0.1, 0.15) is 0 Å². The van der Waals surface area contributed by atoms with Gasteiger partial charge in [0.05, 0.1) is 22.0 Å². The third kappa shape index (κ3) is 4.25. The van der Waals surface area contributed by atoms with E-state index in [9.17, 15) is 4.79 Å². The smallest absolute Gasteiger partial charge is 0.229 e. The molecule has 0 aliphatic carbocycles. The summed E-state index contributed by atoms with van der Waals surface area (Å²) in [6, 6.07) is 18.4. The highest BCUT2D eigenvalue weighted by Gasteiger charge is 2.26. The van der Waals surface area contributed by atoms with Crippen molar-refractivity contribution in [2.75, 3.05) is 31.1 Å². The number of benzene rings is 2. The number of fused-ring (bicyclic) bond motifs is 1. The molecule has 6 nitrogen and oxygen atoms in total. The molecule has 2 aromatic heterocycles. The van der Waals surface area contributed by atoms with E-state index in [1.165, 1.54) is 5.56 Å². The van der Waals surface area contributed by atoms with Crippen molar-refractivity contribution in [2.24, 2.45) is 0 Å². The average molecular weight is 460 g/mol. The Labute approximate surface area is 198 Å². The third-order valence-corrected chi connectivity index (χ3v) is 7.59. The Kier molecular flexibility index (Phi) is 5.89. The van der Waals surface area contributed by atoms with Crippen molar-refractivity contribution < 1.29 is 4.79 Å². The molecule has 3 heterocycles. The number of carbonyl (C=O) groups excluding carboxylic acids is 1. The van der Waals surface area contributed by atoms with Gasteiger partial charge in [0.15, 0.2) is 10.8 Å². The van der Waals surface area contributed by atoms with E-state index >= 15 is 0 Å². The topological polar surface area (TPSA) is 54.3 Å². The van der Waals surface area contributed by atoms with Crippen LogP contribution in [-0.4, -0.2) is 51.8 Å². The molecule has 2 aromatic carbocycles. The minimum atomic E-state index is -0.122. The van der Waals surface area contributed by atoms with Crippen LogP contribution in [0, 0.1) is 13.8 Å². The van der Waals surface area contributed by atoms with Gasteiger partial charge in [-0.25, -0.2) is 4.68 Å². The SMILES string of the molecule is Cc1cccc(-n2nc(C)c3sc(N4CCCN(C(=O)C(C)c5ccccc5)CC4)nc32)c1. The zero-order valence-electron chi connectivity index (χ0n) is 19.4. The zero-order valence-corrected chi connectivity index (χ0v) is 20.2. The van der Waals surface area contributed by atoms with Gasteiger partial charge < -0.3 is 9.80 Å².